The smallest absolute Gasteiger partial charge is 0.254 e. The van der Waals surface area contributed by atoms with E-state index in [0.717, 1.165) is 27.0 Å². The Kier molecular flexibility index (Phi) is 7.10. The number of hydrazone groups is 1. The van der Waals surface area contributed by atoms with Crippen LogP contribution in [-0.2, 0) is 16.2 Å². The standard InChI is InChI=1S/C26H23Cl2IN2O4/c1-2-34-21-10-14(9-20(29)24(21)35-13-17-7-8-18(27)11-19(17)28)12-30-31-25(32)22-15-3-4-16(6-5-15)23(22)26(31)33/h3-4,7-12,15-16,22-23H,2,5-6,13H2,1H3/b30-12-/t15-,16-,22+,23+/m0/s1. The lowest BCUT2D eigenvalue weighted by Crippen LogP contribution is -2.38. The van der Waals surface area contributed by atoms with Crippen LogP contribution >= 0.6 is 45.8 Å². The van der Waals surface area contributed by atoms with Gasteiger partial charge < -0.3 is 9.47 Å². The van der Waals surface area contributed by atoms with Crippen molar-refractivity contribution in [1.29, 1.82) is 0 Å². The molecular weight excluding hydrogens is 602 g/mol. The van der Waals surface area contributed by atoms with Gasteiger partial charge in [-0.1, -0.05) is 41.4 Å². The van der Waals surface area contributed by atoms with Crippen molar-refractivity contribution >= 4 is 63.8 Å². The molecule has 1 saturated heterocycles. The fourth-order valence-corrected chi connectivity index (χ4v) is 6.39. The quantitative estimate of drug-likeness (QED) is 0.161. The minimum Gasteiger partial charge on any atom is -0.490 e. The fourth-order valence-electron chi connectivity index (χ4n) is 5.15. The van der Waals surface area contributed by atoms with Gasteiger partial charge in [0.05, 0.1) is 28.2 Å². The number of carbonyl (C=O) groups is 2. The van der Waals surface area contributed by atoms with Crippen molar-refractivity contribution in [2.24, 2.45) is 28.8 Å². The Hall–Kier alpha value is -2.10. The topological polar surface area (TPSA) is 68.2 Å². The first-order chi connectivity index (χ1) is 16.9. The lowest BCUT2D eigenvalue weighted by molar-refractivity contribution is -0.140. The SMILES string of the molecule is CCOc1cc(/C=N\N2C(=O)[C@H]3[C@H](C2=O)[C@H]2C=C[C@H]3CC2)cc(I)c1OCc1ccc(Cl)cc1Cl. The third kappa shape index (κ3) is 4.70. The van der Waals surface area contributed by atoms with Crippen molar-refractivity contribution in [3.05, 3.63) is 67.2 Å². The van der Waals surface area contributed by atoms with E-state index in [1.54, 1.807) is 18.2 Å². The predicted octanol–water partition coefficient (Wildman–Crippen LogP) is 6.11. The number of hydrogen-bond acceptors (Lipinski definition) is 5. The van der Waals surface area contributed by atoms with Gasteiger partial charge >= 0.3 is 0 Å². The molecule has 6 nitrogen and oxygen atoms in total. The molecule has 6 rings (SSSR count). The molecule has 0 N–H and O–H groups in total. The van der Waals surface area contributed by atoms with Crippen molar-refractivity contribution in [3.8, 4) is 11.5 Å². The number of allylic oxidation sites excluding steroid dienone is 2. The van der Waals surface area contributed by atoms with Gasteiger partial charge in [-0.15, -0.1) is 0 Å². The van der Waals surface area contributed by atoms with E-state index in [0.29, 0.717) is 33.7 Å². The molecule has 1 aliphatic heterocycles. The summed E-state index contributed by atoms with van der Waals surface area (Å²) >= 11 is 14.4. The van der Waals surface area contributed by atoms with Crippen LogP contribution in [0.2, 0.25) is 10.0 Å². The van der Waals surface area contributed by atoms with Gasteiger partial charge in [0, 0.05) is 15.6 Å². The highest BCUT2D eigenvalue weighted by atomic mass is 127. The Morgan fingerprint density at radius 3 is 2.34 bits per heavy atom. The Morgan fingerprint density at radius 2 is 1.74 bits per heavy atom. The number of halogens is 3. The molecule has 4 aliphatic rings. The highest BCUT2D eigenvalue weighted by molar-refractivity contribution is 14.1. The number of imide groups is 1. The molecule has 2 fully saturated rings. The van der Waals surface area contributed by atoms with E-state index >= 15 is 0 Å². The average molecular weight is 625 g/mol. The first-order valence-electron chi connectivity index (χ1n) is 11.5. The largest absolute Gasteiger partial charge is 0.490 e. The van der Waals surface area contributed by atoms with Gasteiger partial charge in [0.2, 0.25) is 0 Å². The van der Waals surface area contributed by atoms with Gasteiger partial charge in [0.1, 0.15) is 6.61 Å². The van der Waals surface area contributed by atoms with Crippen LogP contribution < -0.4 is 9.47 Å². The first kappa shape index (κ1) is 24.6. The van der Waals surface area contributed by atoms with E-state index in [-0.39, 0.29) is 42.1 Å². The van der Waals surface area contributed by atoms with Gasteiger partial charge in [-0.25, -0.2) is 0 Å². The number of amides is 2. The molecule has 0 unspecified atom stereocenters. The van der Waals surface area contributed by atoms with Crippen molar-refractivity contribution < 1.29 is 19.1 Å². The van der Waals surface area contributed by atoms with Crippen LogP contribution in [0.1, 0.15) is 30.9 Å². The molecule has 0 aromatic heterocycles. The van der Waals surface area contributed by atoms with Crippen molar-refractivity contribution in [3.63, 3.8) is 0 Å². The molecule has 35 heavy (non-hydrogen) atoms. The highest BCUT2D eigenvalue weighted by Crippen LogP contribution is 2.49. The summed E-state index contributed by atoms with van der Waals surface area (Å²) in [5.74, 6) is 0.439. The maximum absolute atomic E-state index is 13.0. The van der Waals surface area contributed by atoms with E-state index < -0.39 is 0 Å². The number of carbonyl (C=O) groups excluding carboxylic acids is 2. The number of nitrogens with zero attached hydrogens (tertiary/aromatic N) is 2. The summed E-state index contributed by atoms with van der Waals surface area (Å²) in [7, 11) is 0. The monoisotopic (exact) mass is 624 g/mol. The summed E-state index contributed by atoms with van der Waals surface area (Å²) in [5.41, 5.74) is 1.50. The second kappa shape index (κ2) is 10.1. The number of benzene rings is 2. The Bertz CT molecular complexity index is 1220. The van der Waals surface area contributed by atoms with E-state index in [4.69, 9.17) is 32.7 Å². The lowest BCUT2D eigenvalue weighted by atomic mass is 9.63. The van der Waals surface area contributed by atoms with Gasteiger partial charge in [0.25, 0.3) is 11.8 Å². The summed E-state index contributed by atoms with van der Waals surface area (Å²) < 4.78 is 12.7. The molecule has 2 amide bonds. The molecule has 2 aromatic rings. The predicted molar refractivity (Wildman–Crippen MR) is 143 cm³/mol. The zero-order valence-corrected chi connectivity index (χ0v) is 22.6. The molecule has 0 radical (unpaired) electrons. The molecule has 2 aromatic carbocycles. The van der Waals surface area contributed by atoms with Gasteiger partial charge in [-0.05, 0) is 84.0 Å². The molecule has 9 heteroatoms. The summed E-state index contributed by atoms with van der Waals surface area (Å²) in [4.78, 5) is 26.0. The third-order valence-electron chi connectivity index (χ3n) is 6.78. The molecule has 4 atom stereocenters. The molecule has 182 valence electrons. The normalized spacial score (nSPS) is 25.0. The van der Waals surface area contributed by atoms with Crippen LogP contribution in [0, 0.1) is 27.2 Å². The maximum atomic E-state index is 13.0. The number of rotatable bonds is 7. The Labute approximate surface area is 227 Å². The van der Waals surface area contributed by atoms with Crippen molar-refractivity contribution in [2.45, 2.75) is 26.4 Å². The zero-order valence-electron chi connectivity index (χ0n) is 18.9. The maximum Gasteiger partial charge on any atom is 0.254 e. The molecule has 1 saturated carbocycles. The van der Waals surface area contributed by atoms with E-state index in [1.165, 1.54) is 6.21 Å². The number of fused-ring (bicyclic) bond motifs is 1. The van der Waals surface area contributed by atoms with Crippen LogP contribution in [0.25, 0.3) is 0 Å². The summed E-state index contributed by atoms with van der Waals surface area (Å²) in [5, 5.41) is 6.46. The van der Waals surface area contributed by atoms with Gasteiger partial charge in [-0.2, -0.15) is 10.1 Å². The number of ether oxygens (including phenoxy) is 2. The number of hydrogen-bond donors (Lipinski definition) is 0. The second-order valence-electron chi connectivity index (χ2n) is 8.86. The molecular formula is C26H23Cl2IN2O4. The second-order valence-corrected chi connectivity index (χ2v) is 10.9. The zero-order chi connectivity index (χ0) is 24.7. The molecule has 2 bridgehead atoms. The van der Waals surface area contributed by atoms with Crippen LogP contribution in [0.4, 0.5) is 0 Å². The molecule has 3 aliphatic carbocycles. The molecule has 1 heterocycles. The van der Waals surface area contributed by atoms with E-state index in [1.807, 2.05) is 19.1 Å². The Morgan fingerprint density at radius 1 is 1.06 bits per heavy atom. The van der Waals surface area contributed by atoms with E-state index in [2.05, 4.69) is 39.8 Å². The fraction of sp³-hybridized carbons (Fsp3) is 0.346. The van der Waals surface area contributed by atoms with Crippen LogP contribution in [0.15, 0.2) is 47.6 Å². The van der Waals surface area contributed by atoms with Crippen molar-refractivity contribution in [2.75, 3.05) is 6.61 Å². The van der Waals surface area contributed by atoms with Gasteiger partial charge in [-0.3, -0.25) is 9.59 Å². The molecule has 0 spiro atoms. The van der Waals surface area contributed by atoms with Crippen LogP contribution in [0.3, 0.4) is 0 Å². The minimum absolute atomic E-state index is 0.137. The summed E-state index contributed by atoms with van der Waals surface area (Å²) in [6.45, 7) is 2.57. The first-order valence-corrected chi connectivity index (χ1v) is 13.3. The lowest BCUT2D eigenvalue weighted by Gasteiger charge is -2.37. The van der Waals surface area contributed by atoms with Crippen LogP contribution in [-0.4, -0.2) is 29.6 Å². The average Bonchev–Trinajstić information content (AvgIpc) is 3.11. The van der Waals surface area contributed by atoms with E-state index in [9.17, 15) is 9.59 Å². The Balaban J connectivity index is 1.36. The minimum atomic E-state index is -0.280. The van der Waals surface area contributed by atoms with Crippen molar-refractivity contribution in [1.82, 2.24) is 5.01 Å². The van der Waals surface area contributed by atoms with Crippen LogP contribution in [0.5, 0.6) is 11.5 Å². The summed E-state index contributed by atoms with van der Waals surface area (Å²) in [6.07, 6.45) is 7.64. The van der Waals surface area contributed by atoms with Gasteiger partial charge in [0.15, 0.2) is 11.5 Å². The third-order valence-corrected chi connectivity index (χ3v) is 8.17. The summed E-state index contributed by atoms with van der Waals surface area (Å²) in [6, 6.07) is 8.92. The highest BCUT2D eigenvalue weighted by Gasteiger charge is 2.56.